The largest absolute Gasteiger partial charge is 0.507 e. The van der Waals surface area contributed by atoms with Crippen LogP contribution in [0.25, 0.3) is 0 Å². The first-order valence-corrected chi connectivity index (χ1v) is 15.9. The molecule has 0 saturated heterocycles. The molecule has 1 amide bonds. The Labute approximate surface area is 267 Å². The third-order valence-electron chi connectivity index (χ3n) is 8.71. The standard InChI is InChI=1S/C37H59N3O4/c1-16-40(15,17-2)23-30(41)39(22-24-18-27(35(6,7)8)32(43)28(19-24)36(9,10)11)38-21-25-26(34(3,4)5)20-29(37(12,13)14)33(44)31(25)42/h18-21H,16-17,22-23H2,1-15H3,(H2-,38,42,43,44)/p+1. The Balaban J connectivity index is 2.82. The second-order valence-corrected chi connectivity index (χ2v) is 16.7. The van der Waals surface area contributed by atoms with Crippen LogP contribution < -0.4 is 0 Å². The van der Waals surface area contributed by atoms with E-state index in [9.17, 15) is 20.1 Å². The number of benzene rings is 2. The van der Waals surface area contributed by atoms with E-state index < -0.39 is 5.41 Å². The first-order chi connectivity index (χ1) is 19.8. The summed E-state index contributed by atoms with van der Waals surface area (Å²) in [6, 6.07) is 5.88. The molecule has 246 valence electrons. The number of quaternary nitrogens is 1. The molecule has 7 nitrogen and oxygen atoms in total. The highest BCUT2D eigenvalue weighted by atomic mass is 16.3. The molecule has 0 saturated carbocycles. The van der Waals surface area contributed by atoms with Crippen LogP contribution in [0, 0.1) is 0 Å². The number of aromatic hydroxyl groups is 3. The molecule has 7 heteroatoms. The number of hydrogen-bond donors (Lipinski definition) is 3. The summed E-state index contributed by atoms with van der Waals surface area (Å²) in [5.74, 6) is -0.280. The minimum atomic E-state index is -0.393. The second kappa shape index (κ2) is 12.7. The Hall–Kier alpha value is -3.06. The first kappa shape index (κ1) is 37.1. The van der Waals surface area contributed by atoms with Gasteiger partial charge in [-0.25, -0.2) is 5.01 Å². The van der Waals surface area contributed by atoms with Crippen molar-refractivity contribution in [3.05, 3.63) is 51.6 Å². The number of carbonyl (C=O) groups excluding carboxylic acids is 1. The van der Waals surface area contributed by atoms with Crippen molar-refractivity contribution in [1.82, 2.24) is 5.01 Å². The number of carbonyl (C=O) groups is 1. The van der Waals surface area contributed by atoms with Gasteiger partial charge < -0.3 is 19.8 Å². The number of hydrogen-bond acceptors (Lipinski definition) is 5. The normalized spacial score (nSPS) is 13.5. The Kier molecular flexibility index (Phi) is 10.8. The topological polar surface area (TPSA) is 93.4 Å². The van der Waals surface area contributed by atoms with Crippen LogP contribution in [0.2, 0.25) is 0 Å². The summed E-state index contributed by atoms with van der Waals surface area (Å²) < 4.78 is 0.556. The van der Waals surface area contributed by atoms with Crippen molar-refractivity contribution < 1.29 is 24.6 Å². The van der Waals surface area contributed by atoms with Gasteiger partial charge in [-0.1, -0.05) is 89.2 Å². The van der Waals surface area contributed by atoms with E-state index in [4.69, 9.17) is 5.10 Å². The summed E-state index contributed by atoms with van der Waals surface area (Å²) in [5.41, 5.74) is 2.94. The lowest BCUT2D eigenvalue weighted by molar-refractivity contribution is -0.898. The molecule has 2 rings (SSSR count). The van der Waals surface area contributed by atoms with Crippen LogP contribution in [0.4, 0.5) is 0 Å². The quantitative estimate of drug-likeness (QED) is 0.123. The van der Waals surface area contributed by atoms with Crippen LogP contribution in [0.15, 0.2) is 23.3 Å². The fraction of sp³-hybridized carbons (Fsp3) is 0.622. The molecule has 44 heavy (non-hydrogen) atoms. The predicted octanol–water partition coefficient (Wildman–Crippen LogP) is 7.84. The second-order valence-electron chi connectivity index (χ2n) is 16.7. The Bertz CT molecular complexity index is 1340. The molecule has 2 aromatic carbocycles. The summed E-state index contributed by atoms with van der Waals surface area (Å²) in [5, 5.41) is 39.8. The molecule has 0 unspecified atom stereocenters. The molecule has 0 aromatic heterocycles. The molecule has 0 fully saturated rings. The lowest BCUT2D eigenvalue weighted by atomic mass is 9.77. The predicted molar refractivity (Wildman–Crippen MR) is 183 cm³/mol. The lowest BCUT2D eigenvalue weighted by Gasteiger charge is -2.33. The van der Waals surface area contributed by atoms with Crippen LogP contribution in [0.3, 0.4) is 0 Å². The molecule has 0 aliphatic carbocycles. The van der Waals surface area contributed by atoms with Crippen LogP contribution in [-0.4, -0.2) is 63.6 Å². The van der Waals surface area contributed by atoms with Crippen molar-refractivity contribution >= 4 is 12.1 Å². The smallest absolute Gasteiger partial charge is 0.298 e. The van der Waals surface area contributed by atoms with Gasteiger partial charge in [0.15, 0.2) is 18.0 Å². The summed E-state index contributed by atoms with van der Waals surface area (Å²) in [7, 11) is 2.06. The lowest BCUT2D eigenvalue weighted by Crippen LogP contribution is -2.50. The number of amides is 1. The van der Waals surface area contributed by atoms with Gasteiger partial charge in [-0.3, -0.25) is 4.79 Å². The highest BCUT2D eigenvalue weighted by molar-refractivity contribution is 5.89. The summed E-state index contributed by atoms with van der Waals surface area (Å²) in [6.07, 6.45) is 1.51. The molecular weight excluding hydrogens is 550 g/mol. The zero-order chi connectivity index (χ0) is 34.2. The van der Waals surface area contributed by atoms with Crippen molar-refractivity contribution in [2.45, 2.75) is 125 Å². The fourth-order valence-corrected chi connectivity index (χ4v) is 5.27. The zero-order valence-corrected chi connectivity index (χ0v) is 30.2. The van der Waals surface area contributed by atoms with Gasteiger partial charge in [0.25, 0.3) is 5.91 Å². The molecule has 0 atom stereocenters. The molecular formula is C37H60N3O4+. The average molecular weight is 611 g/mol. The van der Waals surface area contributed by atoms with Crippen LogP contribution in [-0.2, 0) is 33.0 Å². The highest BCUT2D eigenvalue weighted by Gasteiger charge is 2.31. The van der Waals surface area contributed by atoms with Gasteiger partial charge in [0.1, 0.15) is 5.75 Å². The van der Waals surface area contributed by atoms with Crippen LogP contribution in [0.1, 0.15) is 130 Å². The number of phenolic OH excluding ortho intramolecular Hbond substituents is 3. The van der Waals surface area contributed by atoms with E-state index in [-0.39, 0.29) is 52.5 Å². The van der Waals surface area contributed by atoms with Gasteiger partial charge >= 0.3 is 0 Å². The summed E-state index contributed by atoms with van der Waals surface area (Å²) >= 11 is 0. The summed E-state index contributed by atoms with van der Waals surface area (Å²) in [6.45, 7) is 30.7. The third-order valence-corrected chi connectivity index (χ3v) is 8.71. The minimum absolute atomic E-state index is 0.150. The minimum Gasteiger partial charge on any atom is -0.507 e. The molecule has 0 aliphatic rings. The molecule has 0 radical (unpaired) electrons. The fourth-order valence-electron chi connectivity index (χ4n) is 5.27. The van der Waals surface area contributed by atoms with Crippen molar-refractivity contribution in [1.29, 1.82) is 0 Å². The van der Waals surface area contributed by atoms with E-state index in [1.165, 1.54) is 11.2 Å². The average Bonchev–Trinajstić information content (AvgIpc) is 2.86. The Morgan fingerprint density at radius 1 is 0.705 bits per heavy atom. The first-order valence-electron chi connectivity index (χ1n) is 15.9. The van der Waals surface area contributed by atoms with E-state index in [1.54, 1.807) is 0 Å². The van der Waals surface area contributed by atoms with Gasteiger partial charge in [0.2, 0.25) is 0 Å². The van der Waals surface area contributed by atoms with Crippen LogP contribution in [0.5, 0.6) is 17.2 Å². The maximum Gasteiger partial charge on any atom is 0.298 e. The maximum atomic E-state index is 14.0. The monoisotopic (exact) mass is 610 g/mol. The number of rotatable bonds is 8. The van der Waals surface area contributed by atoms with Crippen molar-refractivity contribution in [3.63, 3.8) is 0 Å². The number of nitrogens with zero attached hydrogens (tertiary/aromatic N) is 3. The Morgan fingerprint density at radius 3 is 1.50 bits per heavy atom. The molecule has 0 aliphatic heterocycles. The van der Waals surface area contributed by atoms with E-state index >= 15 is 0 Å². The molecule has 2 aromatic rings. The molecule has 0 bridgehead atoms. The Morgan fingerprint density at radius 2 is 1.11 bits per heavy atom. The van der Waals surface area contributed by atoms with Crippen molar-refractivity contribution in [3.8, 4) is 17.2 Å². The maximum absolute atomic E-state index is 14.0. The molecule has 0 heterocycles. The van der Waals surface area contributed by atoms with Gasteiger partial charge in [-0.2, -0.15) is 5.10 Å². The highest BCUT2D eigenvalue weighted by Crippen LogP contribution is 2.44. The van der Waals surface area contributed by atoms with E-state index in [0.29, 0.717) is 15.6 Å². The van der Waals surface area contributed by atoms with Gasteiger partial charge in [0.05, 0.1) is 32.9 Å². The van der Waals surface area contributed by atoms with Crippen molar-refractivity contribution in [2.24, 2.45) is 5.10 Å². The van der Waals surface area contributed by atoms with Crippen molar-refractivity contribution in [2.75, 3.05) is 26.7 Å². The zero-order valence-electron chi connectivity index (χ0n) is 30.2. The van der Waals surface area contributed by atoms with E-state index in [0.717, 1.165) is 35.3 Å². The van der Waals surface area contributed by atoms with E-state index in [2.05, 4.69) is 83.2 Å². The molecule has 3 N–H and O–H groups in total. The molecule has 0 spiro atoms. The number of phenols is 3. The summed E-state index contributed by atoms with van der Waals surface area (Å²) in [4.78, 5) is 14.0. The van der Waals surface area contributed by atoms with Gasteiger partial charge in [0, 0.05) is 11.1 Å². The number of hydrazone groups is 1. The third kappa shape index (κ3) is 8.56. The number of likely N-dealkylation sites (N-methyl/N-ethyl adjacent to an activating group) is 1. The SMILES string of the molecule is CC[N+](C)(CC)CC(=O)N(Cc1cc(C(C)(C)C)c(O)c(C(C)(C)C)c1)N=Cc1c(C(C)(C)C)cc(C(C)(C)C)c(O)c1O. The van der Waals surface area contributed by atoms with E-state index in [1.807, 2.05) is 39.0 Å². The van der Waals surface area contributed by atoms with Gasteiger partial charge in [-0.15, -0.1) is 0 Å². The van der Waals surface area contributed by atoms with Gasteiger partial charge in [-0.05, 0) is 69.9 Å². The van der Waals surface area contributed by atoms with Crippen LogP contribution >= 0.6 is 0 Å².